The van der Waals surface area contributed by atoms with Crippen LogP contribution in [0.4, 0.5) is 11.6 Å². The maximum Gasteiger partial charge on any atom is 0.332 e. The average molecular weight is 466 g/mol. The van der Waals surface area contributed by atoms with E-state index < -0.39 is 0 Å². The highest BCUT2D eigenvalue weighted by Gasteiger charge is 2.26. The first kappa shape index (κ1) is 24.3. The maximum absolute atomic E-state index is 13.4. The average Bonchev–Trinajstić information content (AvgIpc) is 3.26. The van der Waals surface area contributed by atoms with E-state index in [0.29, 0.717) is 17.7 Å². The van der Waals surface area contributed by atoms with Gasteiger partial charge in [-0.15, -0.1) is 0 Å². The summed E-state index contributed by atoms with van der Waals surface area (Å²) in [5.74, 6) is 0.747. The number of aromatic nitrogens is 4. The van der Waals surface area contributed by atoms with E-state index in [2.05, 4.69) is 24.0 Å². The van der Waals surface area contributed by atoms with Gasteiger partial charge in [-0.2, -0.15) is 4.98 Å². The van der Waals surface area contributed by atoms with Crippen LogP contribution in [0, 0.1) is 0 Å². The van der Waals surface area contributed by atoms with Gasteiger partial charge < -0.3 is 9.47 Å². The molecule has 0 saturated carbocycles. The van der Waals surface area contributed by atoms with Crippen LogP contribution in [-0.4, -0.2) is 25.2 Å². The molecule has 2 aromatic heterocycles. The first-order valence-corrected chi connectivity index (χ1v) is 13.2. The molecule has 0 N–H and O–H groups in total. The van der Waals surface area contributed by atoms with E-state index in [1.807, 2.05) is 22.8 Å². The van der Waals surface area contributed by atoms with Gasteiger partial charge in [0.1, 0.15) is 0 Å². The van der Waals surface area contributed by atoms with E-state index in [1.165, 1.54) is 55.9 Å². The molecule has 0 atom stereocenters. The highest BCUT2D eigenvalue weighted by atomic mass is 16.2. The topological polar surface area (TPSA) is 65.1 Å². The Morgan fingerprint density at radius 1 is 0.853 bits per heavy atom. The number of aryl methyl sites for hydroxylation is 2. The molecule has 0 fully saturated rings. The Morgan fingerprint density at radius 2 is 1.50 bits per heavy atom. The number of anilines is 2. The number of rotatable bonds is 12. The van der Waals surface area contributed by atoms with Crippen molar-refractivity contribution >= 4 is 22.8 Å². The number of para-hydroxylation sites is 1. The van der Waals surface area contributed by atoms with Crippen molar-refractivity contribution in [2.24, 2.45) is 7.05 Å². The normalized spacial score (nSPS) is 13.5. The molecule has 0 aliphatic carbocycles. The molecule has 0 radical (unpaired) electrons. The smallest absolute Gasteiger partial charge is 0.312 e. The summed E-state index contributed by atoms with van der Waals surface area (Å²) in [5.41, 5.74) is 1.60. The Labute approximate surface area is 202 Å². The molecule has 3 heterocycles. The lowest BCUT2D eigenvalue weighted by atomic mass is 10.1. The number of nitrogens with zero attached hydrogens (tertiary/aromatic N) is 5. The SMILES string of the molecule is CCCCCCCCCCCCn1c(=O)c2c(nc3n2CCCN3c2ccccc2)n(C)c1=O. The van der Waals surface area contributed by atoms with Crippen LogP contribution in [0.3, 0.4) is 0 Å². The number of benzene rings is 1. The molecule has 0 bridgehead atoms. The van der Waals surface area contributed by atoms with Gasteiger partial charge in [0.05, 0.1) is 0 Å². The van der Waals surface area contributed by atoms with Crippen molar-refractivity contribution < 1.29 is 0 Å². The van der Waals surface area contributed by atoms with Gasteiger partial charge in [-0.25, -0.2) is 4.79 Å². The van der Waals surface area contributed by atoms with Crippen molar-refractivity contribution in [2.45, 2.75) is 90.6 Å². The molecule has 1 aromatic carbocycles. The fourth-order valence-corrected chi connectivity index (χ4v) is 5.07. The lowest BCUT2D eigenvalue weighted by Crippen LogP contribution is -2.40. The van der Waals surface area contributed by atoms with Crippen molar-refractivity contribution in [2.75, 3.05) is 11.4 Å². The summed E-state index contributed by atoms with van der Waals surface area (Å²) in [6.45, 7) is 4.30. The maximum atomic E-state index is 13.4. The zero-order chi connectivity index (χ0) is 23.9. The fraction of sp³-hybridized carbons (Fsp3) is 0.593. The van der Waals surface area contributed by atoms with Gasteiger partial charge in [0.25, 0.3) is 5.56 Å². The van der Waals surface area contributed by atoms with Crippen LogP contribution in [0.5, 0.6) is 0 Å². The van der Waals surface area contributed by atoms with Crippen LogP contribution >= 0.6 is 0 Å². The molecule has 7 heteroatoms. The molecule has 184 valence electrons. The van der Waals surface area contributed by atoms with Crippen LogP contribution in [-0.2, 0) is 20.1 Å². The summed E-state index contributed by atoms with van der Waals surface area (Å²) in [6, 6.07) is 10.1. The number of hydrogen-bond acceptors (Lipinski definition) is 4. The predicted molar refractivity (Wildman–Crippen MR) is 139 cm³/mol. The molecule has 1 aliphatic heterocycles. The third-order valence-corrected chi connectivity index (χ3v) is 7.02. The molecule has 0 spiro atoms. The molecule has 0 amide bonds. The minimum absolute atomic E-state index is 0.206. The Kier molecular flexibility index (Phi) is 8.25. The monoisotopic (exact) mass is 465 g/mol. The van der Waals surface area contributed by atoms with Crippen molar-refractivity contribution in [3.8, 4) is 0 Å². The molecular weight excluding hydrogens is 426 g/mol. The molecule has 34 heavy (non-hydrogen) atoms. The highest BCUT2D eigenvalue weighted by molar-refractivity contribution is 5.77. The van der Waals surface area contributed by atoms with Crippen LogP contribution in [0.1, 0.15) is 77.6 Å². The lowest BCUT2D eigenvalue weighted by molar-refractivity contribution is 0.514. The third-order valence-electron chi connectivity index (χ3n) is 7.02. The molecule has 1 aliphatic rings. The van der Waals surface area contributed by atoms with E-state index in [-0.39, 0.29) is 11.2 Å². The van der Waals surface area contributed by atoms with Gasteiger partial charge >= 0.3 is 5.69 Å². The number of unbranched alkanes of at least 4 members (excludes halogenated alkanes) is 9. The predicted octanol–water partition coefficient (Wildman–Crippen LogP) is 5.36. The first-order chi connectivity index (χ1) is 16.6. The molecule has 0 unspecified atom stereocenters. The van der Waals surface area contributed by atoms with Gasteiger partial charge in [0, 0.05) is 32.4 Å². The second-order valence-electron chi connectivity index (χ2n) is 9.56. The van der Waals surface area contributed by atoms with E-state index in [0.717, 1.165) is 44.0 Å². The Morgan fingerprint density at radius 3 is 2.18 bits per heavy atom. The van der Waals surface area contributed by atoms with Crippen molar-refractivity contribution in [3.63, 3.8) is 0 Å². The Hall–Kier alpha value is -2.83. The lowest BCUT2D eigenvalue weighted by Gasteiger charge is -2.28. The largest absolute Gasteiger partial charge is 0.332 e. The van der Waals surface area contributed by atoms with Gasteiger partial charge in [0.2, 0.25) is 5.95 Å². The molecule has 7 nitrogen and oxygen atoms in total. The Balaban J connectivity index is 1.46. The summed E-state index contributed by atoms with van der Waals surface area (Å²) in [4.78, 5) is 33.4. The van der Waals surface area contributed by atoms with Crippen molar-refractivity contribution in [1.82, 2.24) is 18.7 Å². The Bertz CT molecular complexity index is 1190. The van der Waals surface area contributed by atoms with Gasteiger partial charge in [0.15, 0.2) is 11.2 Å². The van der Waals surface area contributed by atoms with Crippen LogP contribution < -0.4 is 16.1 Å². The van der Waals surface area contributed by atoms with Gasteiger partial charge in [-0.1, -0.05) is 82.9 Å². The molecular formula is C27H39N5O2. The van der Waals surface area contributed by atoms with Crippen molar-refractivity contribution in [3.05, 3.63) is 51.2 Å². The summed E-state index contributed by atoms with van der Waals surface area (Å²) in [6.07, 6.45) is 13.2. The summed E-state index contributed by atoms with van der Waals surface area (Å²) in [7, 11) is 1.73. The minimum atomic E-state index is -0.268. The second-order valence-corrected chi connectivity index (χ2v) is 9.56. The highest BCUT2D eigenvalue weighted by Crippen LogP contribution is 2.30. The van der Waals surface area contributed by atoms with Crippen LogP contribution in [0.25, 0.3) is 11.2 Å². The second kappa shape index (κ2) is 11.5. The summed E-state index contributed by atoms with van der Waals surface area (Å²) >= 11 is 0. The third kappa shape index (κ3) is 5.13. The van der Waals surface area contributed by atoms with Crippen LogP contribution in [0.2, 0.25) is 0 Å². The minimum Gasteiger partial charge on any atom is -0.312 e. The van der Waals surface area contributed by atoms with E-state index in [1.54, 1.807) is 11.6 Å². The quantitative estimate of drug-likeness (QED) is 0.338. The number of imidazole rings is 1. The zero-order valence-corrected chi connectivity index (χ0v) is 20.8. The number of fused-ring (bicyclic) bond motifs is 3. The molecule has 4 rings (SSSR count). The first-order valence-electron chi connectivity index (χ1n) is 13.2. The number of hydrogen-bond donors (Lipinski definition) is 0. The van der Waals surface area contributed by atoms with Crippen LogP contribution in [0.15, 0.2) is 39.9 Å². The van der Waals surface area contributed by atoms with Gasteiger partial charge in [-0.05, 0) is 25.0 Å². The van der Waals surface area contributed by atoms with E-state index >= 15 is 0 Å². The summed E-state index contributed by atoms with van der Waals surface area (Å²) in [5, 5.41) is 0. The molecule has 0 saturated heterocycles. The molecule has 3 aromatic rings. The summed E-state index contributed by atoms with van der Waals surface area (Å²) < 4.78 is 4.97. The zero-order valence-electron chi connectivity index (χ0n) is 20.8. The van der Waals surface area contributed by atoms with E-state index in [9.17, 15) is 9.59 Å². The van der Waals surface area contributed by atoms with Crippen molar-refractivity contribution in [1.29, 1.82) is 0 Å². The van der Waals surface area contributed by atoms with E-state index in [4.69, 9.17) is 4.98 Å². The fourth-order valence-electron chi connectivity index (χ4n) is 5.07. The van der Waals surface area contributed by atoms with Gasteiger partial charge in [-0.3, -0.25) is 13.9 Å². The standard InChI is InChI=1S/C27H39N5O2/c1-3-4-5-6-7-8-9-10-11-15-19-32-25(33)23-24(29(2)27(32)34)28-26-30(20-16-21-31(23)26)22-17-13-12-14-18-22/h12-14,17-18H,3-11,15-16,19-21H2,1-2H3.